The van der Waals surface area contributed by atoms with Crippen LogP contribution in [0.2, 0.25) is 0 Å². The van der Waals surface area contributed by atoms with E-state index in [1.165, 1.54) is 12.3 Å². The summed E-state index contributed by atoms with van der Waals surface area (Å²) in [5.74, 6) is 0. The first-order valence-corrected chi connectivity index (χ1v) is 9.13. The Bertz CT molecular complexity index is 877. The molecule has 0 aliphatic carbocycles. The predicted molar refractivity (Wildman–Crippen MR) is 101 cm³/mol. The van der Waals surface area contributed by atoms with Gasteiger partial charge in [0.15, 0.2) is 0 Å². The number of carbonyl (C=O) groups excluding carboxylic acids is 1. The molecule has 3 rings (SSSR count). The van der Waals surface area contributed by atoms with Crippen molar-refractivity contribution in [1.29, 1.82) is 0 Å². The maximum absolute atomic E-state index is 13.3. The highest BCUT2D eigenvalue weighted by atomic mass is 19.4. The van der Waals surface area contributed by atoms with Crippen molar-refractivity contribution >= 4 is 22.7 Å². The third-order valence-electron chi connectivity index (χ3n) is 4.79. The number of alkyl halides is 3. The number of amides is 1. The van der Waals surface area contributed by atoms with Crippen LogP contribution in [-0.4, -0.2) is 47.8 Å². The summed E-state index contributed by atoms with van der Waals surface area (Å²) in [5.41, 5.74) is -0.730. The van der Waals surface area contributed by atoms with Crippen molar-refractivity contribution in [3.8, 4) is 0 Å². The molecule has 1 unspecified atom stereocenters. The highest BCUT2D eigenvalue weighted by Gasteiger charge is 2.35. The number of aromatic nitrogens is 1. The smallest absolute Gasteiger partial charge is 0.418 e. The Balaban J connectivity index is 1.85. The first-order chi connectivity index (χ1) is 13.0. The van der Waals surface area contributed by atoms with Gasteiger partial charge in [0.05, 0.1) is 11.1 Å². The Kier molecular flexibility index (Phi) is 5.16. The standard InChI is InChI=1S/C20H24F3N3O2/c1-19(2,3)28-18(27)26-11-9-13(12-26)25(4)16-8-7-15(20(21,22)23)17-14(16)6-5-10-24-17/h5-8,10,13H,9,11-12H2,1-4H3. The minimum Gasteiger partial charge on any atom is -0.444 e. The third kappa shape index (κ3) is 4.15. The Morgan fingerprint density at radius 3 is 2.61 bits per heavy atom. The summed E-state index contributed by atoms with van der Waals surface area (Å²) in [5, 5.41) is 0.440. The number of anilines is 1. The van der Waals surface area contributed by atoms with Gasteiger partial charge in [-0.1, -0.05) is 0 Å². The normalized spacial score (nSPS) is 17.8. The minimum atomic E-state index is -4.47. The molecule has 1 amide bonds. The van der Waals surface area contributed by atoms with Gasteiger partial charge in [0.2, 0.25) is 0 Å². The van der Waals surface area contributed by atoms with Crippen molar-refractivity contribution in [2.45, 2.75) is 45.0 Å². The molecule has 0 spiro atoms. The van der Waals surface area contributed by atoms with Gasteiger partial charge in [0.1, 0.15) is 5.60 Å². The molecule has 28 heavy (non-hydrogen) atoms. The van der Waals surface area contributed by atoms with Crippen LogP contribution < -0.4 is 4.90 Å². The van der Waals surface area contributed by atoms with Crippen LogP contribution in [0.25, 0.3) is 10.9 Å². The topological polar surface area (TPSA) is 45.7 Å². The third-order valence-corrected chi connectivity index (χ3v) is 4.79. The van der Waals surface area contributed by atoms with E-state index in [0.29, 0.717) is 30.6 Å². The van der Waals surface area contributed by atoms with Crippen molar-refractivity contribution in [2.24, 2.45) is 0 Å². The van der Waals surface area contributed by atoms with E-state index in [1.54, 1.807) is 17.0 Å². The van der Waals surface area contributed by atoms with Crippen LogP contribution in [0.3, 0.4) is 0 Å². The molecule has 0 bridgehead atoms. The van der Waals surface area contributed by atoms with E-state index in [0.717, 1.165) is 6.07 Å². The minimum absolute atomic E-state index is 0.0207. The lowest BCUT2D eigenvalue weighted by molar-refractivity contribution is -0.136. The second-order valence-electron chi connectivity index (χ2n) is 8.01. The fraction of sp³-hybridized carbons (Fsp3) is 0.500. The van der Waals surface area contributed by atoms with Crippen LogP contribution in [0.4, 0.5) is 23.7 Å². The molecule has 0 N–H and O–H groups in total. The van der Waals surface area contributed by atoms with Crippen LogP contribution in [-0.2, 0) is 10.9 Å². The summed E-state index contributed by atoms with van der Waals surface area (Å²) in [6.45, 7) is 6.43. The maximum atomic E-state index is 13.3. The fourth-order valence-corrected chi connectivity index (χ4v) is 3.44. The monoisotopic (exact) mass is 395 g/mol. The summed E-state index contributed by atoms with van der Waals surface area (Å²) in [7, 11) is 1.83. The highest BCUT2D eigenvalue weighted by molar-refractivity contribution is 5.94. The molecule has 152 valence electrons. The number of pyridine rings is 1. The summed E-state index contributed by atoms with van der Waals surface area (Å²) < 4.78 is 45.4. The average molecular weight is 395 g/mol. The van der Waals surface area contributed by atoms with Crippen molar-refractivity contribution in [3.63, 3.8) is 0 Å². The lowest BCUT2D eigenvalue weighted by Gasteiger charge is -2.29. The SMILES string of the molecule is CN(c1ccc(C(F)(F)F)c2ncccc12)C1CCN(C(=O)OC(C)(C)C)C1. The number of benzene rings is 1. The van der Waals surface area contributed by atoms with Gasteiger partial charge in [-0.15, -0.1) is 0 Å². The van der Waals surface area contributed by atoms with Gasteiger partial charge in [-0.3, -0.25) is 4.98 Å². The van der Waals surface area contributed by atoms with Gasteiger partial charge in [-0.2, -0.15) is 13.2 Å². The number of hydrogen-bond donors (Lipinski definition) is 0. The fourth-order valence-electron chi connectivity index (χ4n) is 3.44. The van der Waals surface area contributed by atoms with Crippen LogP contribution >= 0.6 is 0 Å². The summed E-state index contributed by atoms with van der Waals surface area (Å²) in [6, 6.07) is 5.79. The number of halogens is 3. The van der Waals surface area contributed by atoms with Crippen molar-refractivity contribution in [1.82, 2.24) is 9.88 Å². The van der Waals surface area contributed by atoms with E-state index >= 15 is 0 Å². The first-order valence-electron chi connectivity index (χ1n) is 9.13. The molecule has 2 heterocycles. The lowest BCUT2D eigenvalue weighted by Crippen LogP contribution is -2.39. The Morgan fingerprint density at radius 2 is 1.96 bits per heavy atom. The van der Waals surface area contributed by atoms with Crippen LogP contribution in [0.15, 0.2) is 30.5 Å². The largest absolute Gasteiger partial charge is 0.444 e. The van der Waals surface area contributed by atoms with Gasteiger partial charge in [0.25, 0.3) is 0 Å². The van der Waals surface area contributed by atoms with E-state index in [1.807, 2.05) is 32.7 Å². The molecule has 1 aromatic heterocycles. The average Bonchev–Trinajstić information content (AvgIpc) is 3.08. The first kappa shape index (κ1) is 20.2. The highest BCUT2D eigenvalue weighted by Crippen LogP contribution is 2.38. The van der Waals surface area contributed by atoms with Gasteiger partial charge >= 0.3 is 12.3 Å². The zero-order chi connectivity index (χ0) is 20.7. The van der Waals surface area contributed by atoms with Crippen LogP contribution in [0, 0.1) is 0 Å². The maximum Gasteiger partial charge on any atom is 0.418 e. The Labute approximate surface area is 162 Å². The predicted octanol–water partition coefficient (Wildman–Crippen LogP) is 4.70. The number of carbonyl (C=O) groups is 1. The molecule has 2 aromatic rings. The van der Waals surface area contributed by atoms with Gasteiger partial charge in [-0.25, -0.2) is 4.79 Å². The summed E-state index contributed by atoms with van der Waals surface area (Å²) in [6.07, 6.45) is -2.77. The quantitative estimate of drug-likeness (QED) is 0.740. The molecule has 1 aliphatic heterocycles. The van der Waals surface area contributed by atoms with Crippen LogP contribution in [0.1, 0.15) is 32.8 Å². The molecule has 1 aromatic carbocycles. The number of rotatable bonds is 2. The number of likely N-dealkylation sites (tertiary alicyclic amines) is 1. The summed E-state index contributed by atoms with van der Waals surface area (Å²) >= 11 is 0. The molecule has 1 saturated heterocycles. The molecule has 0 radical (unpaired) electrons. The summed E-state index contributed by atoms with van der Waals surface area (Å²) in [4.78, 5) is 19.8. The molecule has 1 atom stereocenters. The van der Waals surface area contributed by atoms with Crippen LogP contribution in [0.5, 0.6) is 0 Å². The van der Waals surface area contributed by atoms with Crippen molar-refractivity contribution < 1.29 is 22.7 Å². The Hall–Kier alpha value is -2.51. The molecule has 5 nitrogen and oxygen atoms in total. The van der Waals surface area contributed by atoms with Gasteiger partial charge < -0.3 is 14.5 Å². The second kappa shape index (κ2) is 7.14. The lowest BCUT2D eigenvalue weighted by atomic mass is 10.1. The number of nitrogens with zero attached hydrogens (tertiary/aromatic N) is 3. The van der Waals surface area contributed by atoms with Crippen molar-refractivity contribution in [3.05, 3.63) is 36.0 Å². The van der Waals surface area contributed by atoms with E-state index in [2.05, 4.69) is 4.98 Å². The number of likely N-dealkylation sites (N-methyl/N-ethyl adjacent to an activating group) is 1. The van der Waals surface area contributed by atoms with E-state index < -0.39 is 17.3 Å². The molecular formula is C20H24F3N3O2. The van der Waals surface area contributed by atoms with Gasteiger partial charge in [0, 0.05) is 43.4 Å². The second-order valence-corrected chi connectivity index (χ2v) is 8.01. The Morgan fingerprint density at radius 1 is 1.25 bits per heavy atom. The molecule has 1 aliphatic rings. The number of ether oxygens (including phenoxy) is 1. The molecule has 8 heteroatoms. The number of hydrogen-bond acceptors (Lipinski definition) is 4. The molecule has 0 saturated carbocycles. The zero-order valence-electron chi connectivity index (χ0n) is 16.4. The van der Waals surface area contributed by atoms with Gasteiger partial charge in [-0.05, 0) is 51.5 Å². The number of fused-ring (bicyclic) bond motifs is 1. The van der Waals surface area contributed by atoms with E-state index in [4.69, 9.17) is 4.74 Å². The molecule has 1 fully saturated rings. The van der Waals surface area contributed by atoms with Crippen molar-refractivity contribution in [2.75, 3.05) is 25.0 Å². The van der Waals surface area contributed by atoms with E-state index in [-0.39, 0.29) is 17.7 Å². The zero-order valence-corrected chi connectivity index (χ0v) is 16.4. The molecular weight excluding hydrogens is 371 g/mol. The van der Waals surface area contributed by atoms with E-state index in [9.17, 15) is 18.0 Å².